The van der Waals surface area contributed by atoms with Crippen LogP contribution in [0.3, 0.4) is 0 Å². The Morgan fingerprint density at radius 1 is 1.25 bits per heavy atom. The van der Waals surface area contributed by atoms with Crippen molar-refractivity contribution < 1.29 is 4.79 Å². The van der Waals surface area contributed by atoms with E-state index in [2.05, 4.69) is 10.6 Å². The van der Waals surface area contributed by atoms with Crippen molar-refractivity contribution >= 4 is 11.5 Å². The zero-order chi connectivity index (χ0) is 12.0. The minimum Gasteiger partial charge on any atom is -0.381 e. The lowest BCUT2D eigenvalue weighted by Crippen LogP contribution is -2.22. The van der Waals surface area contributed by atoms with Gasteiger partial charge in [-0.15, -0.1) is 0 Å². The number of anilines is 1. The van der Waals surface area contributed by atoms with Crippen molar-refractivity contribution in [1.29, 1.82) is 0 Å². The number of rotatable bonds is 5. The van der Waals surface area contributed by atoms with Crippen LogP contribution in [0.1, 0.15) is 17.3 Å². The Bertz CT molecular complexity index is 430. The smallest absolute Gasteiger partial charge is 0.212 e. The van der Waals surface area contributed by atoms with Gasteiger partial charge in [0.25, 0.3) is 0 Å². The van der Waals surface area contributed by atoms with E-state index in [1.165, 1.54) is 6.92 Å². The number of carbonyl (C=O) groups is 1. The summed E-state index contributed by atoms with van der Waals surface area (Å²) < 4.78 is 0. The monoisotopic (exact) mass is 220 g/mol. The molecule has 0 bridgehead atoms. The highest BCUT2D eigenvalue weighted by molar-refractivity contribution is 5.94. The summed E-state index contributed by atoms with van der Waals surface area (Å²) in [5, 5.41) is 5.97. The first-order valence-corrected chi connectivity index (χ1v) is 5.19. The quantitative estimate of drug-likeness (QED) is 0.571. The van der Waals surface area contributed by atoms with Gasteiger partial charge in [-0.25, -0.2) is 0 Å². The minimum atomic E-state index is -0.242. The van der Waals surface area contributed by atoms with Gasteiger partial charge in [-0.3, -0.25) is 9.59 Å². The van der Waals surface area contributed by atoms with Gasteiger partial charge in [-0.2, -0.15) is 0 Å². The summed E-state index contributed by atoms with van der Waals surface area (Å²) in [7, 11) is 1.84. The highest BCUT2D eigenvalue weighted by atomic mass is 16.1. The molecule has 0 fully saturated rings. The summed E-state index contributed by atoms with van der Waals surface area (Å²) in [5.41, 5.74) is 0.441. The first kappa shape index (κ1) is 12.4. The molecule has 0 saturated heterocycles. The second-order valence-electron chi connectivity index (χ2n) is 3.46. The molecule has 4 heteroatoms. The molecule has 2 N–H and O–H groups in total. The van der Waals surface area contributed by atoms with E-state index in [4.69, 9.17) is 0 Å². The molecule has 0 saturated carbocycles. The normalized spacial score (nSPS) is 9.88. The largest absolute Gasteiger partial charge is 0.381 e. The van der Waals surface area contributed by atoms with Gasteiger partial charge >= 0.3 is 0 Å². The van der Waals surface area contributed by atoms with Crippen LogP contribution in [-0.2, 0) is 0 Å². The fourth-order valence-electron chi connectivity index (χ4n) is 1.34. The van der Waals surface area contributed by atoms with Gasteiger partial charge in [0.2, 0.25) is 5.43 Å². The van der Waals surface area contributed by atoms with Crippen LogP contribution in [0.4, 0.5) is 5.69 Å². The molecule has 0 unspecified atom stereocenters. The topological polar surface area (TPSA) is 58.2 Å². The van der Waals surface area contributed by atoms with Gasteiger partial charge in [0.1, 0.15) is 0 Å². The van der Waals surface area contributed by atoms with Crippen molar-refractivity contribution in [3.05, 3.63) is 40.1 Å². The number of hydrogen-bond donors (Lipinski definition) is 2. The highest BCUT2D eigenvalue weighted by Gasteiger charge is 2.06. The van der Waals surface area contributed by atoms with Crippen LogP contribution < -0.4 is 16.1 Å². The van der Waals surface area contributed by atoms with Crippen molar-refractivity contribution in [1.82, 2.24) is 5.32 Å². The molecule has 1 aromatic carbocycles. The van der Waals surface area contributed by atoms with E-state index in [1.54, 1.807) is 24.3 Å². The summed E-state index contributed by atoms with van der Waals surface area (Å²) in [6.45, 7) is 2.80. The summed E-state index contributed by atoms with van der Waals surface area (Å²) in [6, 6.07) is 6.68. The van der Waals surface area contributed by atoms with Crippen molar-refractivity contribution in [2.45, 2.75) is 6.92 Å². The molecule has 86 valence electrons. The maximum atomic E-state index is 11.9. The first-order chi connectivity index (χ1) is 7.66. The van der Waals surface area contributed by atoms with E-state index in [0.717, 1.165) is 6.54 Å². The van der Waals surface area contributed by atoms with Crippen LogP contribution in [0, 0.1) is 0 Å². The third-order valence-electron chi connectivity index (χ3n) is 2.20. The van der Waals surface area contributed by atoms with E-state index in [-0.39, 0.29) is 16.8 Å². The second-order valence-corrected chi connectivity index (χ2v) is 3.46. The highest BCUT2D eigenvalue weighted by Crippen LogP contribution is 2.01. The summed E-state index contributed by atoms with van der Waals surface area (Å²) >= 11 is 0. The van der Waals surface area contributed by atoms with E-state index < -0.39 is 0 Å². The SMILES string of the molecule is CNCCNc1ccccc(C(C)=O)c1=O. The summed E-state index contributed by atoms with van der Waals surface area (Å²) in [4.78, 5) is 23.1. The predicted octanol–water partition coefficient (Wildman–Crippen LogP) is 0.881. The zero-order valence-corrected chi connectivity index (χ0v) is 9.54. The Kier molecular flexibility index (Phi) is 4.66. The average molecular weight is 220 g/mol. The molecule has 1 aromatic rings. The molecule has 0 aromatic heterocycles. The molecule has 16 heavy (non-hydrogen) atoms. The molecule has 0 atom stereocenters. The summed E-state index contributed by atoms with van der Waals surface area (Å²) in [6.07, 6.45) is 0. The van der Waals surface area contributed by atoms with Crippen molar-refractivity contribution in [3.63, 3.8) is 0 Å². The molecular formula is C12H16N2O2. The van der Waals surface area contributed by atoms with E-state index in [1.807, 2.05) is 7.05 Å². The van der Waals surface area contributed by atoms with Crippen LogP contribution in [0.5, 0.6) is 0 Å². The van der Waals surface area contributed by atoms with Gasteiger partial charge < -0.3 is 10.6 Å². The third kappa shape index (κ3) is 3.17. The predicted molar refractivity (Wildman–Crippen MR) is 65.1 cm³/mol. The van der Waals surface area contributed by atoms with Crippen LogP contribution in [0.15, 0.2) is 29.1 Å². The first-order valence-electron chi connectivity index (χ1n) is 5.19. The van der Waals surface area contributed by atoms with E-state index in [0.29, 0.717) is 12.2 Å². The van der Waals surface area contributed by atoms with Gasteiger partial charge in [0.05, 0.1) is 11.3 Å². The number of hydrogen-bond acceptors (Lipinski definition) is 4. The maximum Gasteiger partial charge on any atom is 0.212 e. The van der Waals surface area contributed by atoms with Crippen LogP contribution in [0.2, 0.25) is 0 Å². The zero-order valence-electron chi connectivity index (χ0n) is 9.54. The van der Waals surface area contributed by atoms with Crippen LogP contribution in [0.25, 0.3) is 0 Å². The maximum absolute atomic E-state index is 11.9. The minimum absolute atomic E-state index is 0.210. The number of ketones is 1. The lowest BCUT2D eigenvalue weighted by molar-refractivity contribution is 0.101. The van der Waals surface area contributed by atoms with Gasteiger partial charge in [-0.05, 0) is 26.1 Å². The van der Waals surface area contributed by atoms with Gasteiger partial charge in [-0.1, -0.05) is 12.1 Å². The lowest BCUT2D eigenvalue weighted by atomic mass is 10.2. The van der Waals surface area contributed by atoms with Crippen LogP contribution in [-0.4, -0.2) is 25.9 Å². The molecule has 1 rings (SSSR count). The third-order valence-corrected chi connectivity index (χ3v) is 2.20. The molecule has 0 heterocycles. The molecule has 0 aliphatic carbocycles. The molecule has 0 aliphatic heterocycles. The lowest BCUT2D eigenvalue weighted by Gasteiger charge is -2.03. The molecule has 0 spiro atoms. The molecule has 0 amide bonds. The Hall–Kier alpha value is -1.68. The van der Waals surface area contributed by atoms with Crippen molar-refractivity contribution in [3.8, 4) is 0 Å². The van der Waals surface area contributed by atoms with Crippen molar-refractivity contribution in [2.24, 2.45) is 0 Å². The van der Waals surface area contributed by atoms with Crippen LogP contribution >= 0.6 is 0 Å². The second kappa shape index (κ2) is 6.02. The number of nitrogens with one attached hydrogen (secondary N) is 2. The molecule has 0 aliphatic rings. The van der Waals surface area contributed by atoms with Gasteiger partial charge in [0, 0.05) is 13.1 Å². The fourth-order valence-corrected chi connectivity index (χ4v) is 1.34. The Morgan fingerprint density at radius 2 is 1.94 bits per heavy atom. The average Bonchev–Trinajstić information content (AvgIpc) is 2.42. The number of likely N-dealkylation sites (N-methyl/N-ethyl adjacent to an activating group) is 1. The molecule has 4 nitrogen and oxygen atoms in total. The van der Waals surface area contributed by atoms with E-state index in [9.17, 15) is 9.59 Å². The summed E-state index contributed by atoms with van der Waals surface area (Å²) in [5.74, 6) is -0.210. The molecular weight excluding hydrogens is 204 g/mol. The number of carbonyl (C=O) groups excluding carboxylic acids is 1. The fraction of sp³-hybridized carbons (Fsp3) is 0.333. The van der Waals surface area contributed by atoms with E-state index >= 15 is 0 Å². The van der Waals surface area contributed by atoms with Crippen molar-refractivity contribution in [2.75, 3.05) is 25.5 Å². The van der Waals surface area contributed by atoms with Gasteiger partial charge in [0.15, 0.2) is 5.78 Å². The Morgan fingerprint density at radius 3 is 2.56 bits per heavy atom. The standard InChI is InChI=1S/C12H16N2O2/c1-9(15)10-5-3-4-6-11(12(10)16)14-8-7-13-2/h3-6,13H,7-8H2,1-2H3,(H,14,16). The molecule has 0 radical (unpaired) electrons. The Balaban J connectivity index is 3.02. The number of Topliss-reactive ketones (excluding diaryl/α,β-unsaturated/α-hetero) is 1. The Labute approximate surface area is 94.7 Å².